The second-order valence-electron chi connectivity index (χ2n) is 3.87. The highest BCUT2D eigenvalue weighted by molar-refractivity contribution is 5.51. The molecule has 0 aromatic heterocycles. The van der Waals surface area contributed by atoms with Gasteiger partial charge in [-0.15, -0.1) is 0 Å². The van der Waals surface area contributed by atoms with E-state index in [4.69, 9.17) is 4.74 Å². The number of hydrogen-bond donors (Lipinski definition) is 0. The Balaban J connectivity index is 1.99. The summed E-state index contributed by atoms with van der Waals surface area (Å²) in [7, 11) is 0. The molecule has 1 aliphatic heterocycles. The van der Waals surface area contributed by atoms with Crippen LogP contribution in [0.15, 0.2) is 47.5 Å². The normalized spacial score (nSPS) is 23.8. The molecule has 0 amide bonds. The van der Waals surface area contributed by atoms with Gasteiger partial charge in [-0.05, 0) is 24.5 Å². The Morgan fingerprint density at radius 1 is 1.40 bits per heavy atom. The topological polar surface area (TPSA) is 21.6 Å². The summed E-state index contributed by atoms with van der Waals surface area (Å²) in [5, 5.41) is 0. The van der Waals surface area contributed by atoms with Gasteiger partial charge in [0.05, 0.1) is 6.04 Å². The lowest BCUT2D eigenvalue weighted by Gasteiger charge is -2.16. The molecule has 78 valence electrons. The molecule has 2 unspecified atom stereocenters. The van der Waals surface area contributed by atoms with Gasteiger partial charge in [0.15, 0.2) is 6.40 Å². The molecule has 2 nitrogen and oxygen atoms in total. The van der Waals surface area contributed by atoms with Gasteiger partial charge in [-0.3, -0.25) is 4.99 Å². The van der Waals surface area contributed by atoms with E-state index in [1.165, 1.54) is 12.0 Å². The molecular weight excluding hydrogens is 186 g/mol. The summed E-state index contributed by atoms with van der Waals surface area (Å²) in [4.78, 5) is 4.17. The van der Waals surface area contributed by atoms with Crippen LogP contribution in [0.5, 0.6) is 0 Å². The van der Waals surface area contributed by atoms with E-state index in [-0.39, 0.29) is 12.1 Å². The van der Waals surface area contributed by atoms with Gasteiger partial charge < -0.3 is 4.74 Å². The monoisotopic (exact) mass is 201 g/mol. The van der Waals surface area contributed by atoms with Crippen molar-refractivity contribution in [3.63, 3.8) is 0 Å². The zero-order valence-corrected chi connectivity index (χ0v) is 8.89. The van der Waals surface area contributed by atoms with Crippen LogP contribution in [0.2, 0.25) is 0 Å². The quantitative estimate of drug-likeness (QED) is 0.689. The van der Waals surface area contributed by atoms with Crippen LogP contribution in [0.3, 0.4) is 0 Å². The third-order valence-electron chi connectivity index (χ3n) is 2.62. The van der Waals surface area contributed by atoms with Crippen molar-refractivity contribution in [1.29, 1.82) is 0 Å². The minimum absolute atomic E-state index is 0.0465. The summed E-state index contributed by atoms with van der Waals surface area (Å²) >= 11 is 0. The fourth-order valence-electron chi connectivity index (χ4n) is 1.78. The number of rotatable bonds is 3. The first-order valence-electron chi connectivity index (χ1n) is 5.16. The van der Waals surface area contributed by atoms with Crippen LogP contribution in [-0.2, 0) is 11.2 Å². The van der Waals surface area contributed by atoms with Gasteiger partial charge in [0.25, 0.3) is 0 Å². The average Bonchev–Trinajstić information content (AvgIpc) is 2.66. The van der Waals surface area contributed by atoms with Gasteiger partial charge in [-0.1, -0.05) is 36.9 Å². The van der Waals surface area contributed by atoms with Crippen molar-refractivity contribution in [3.05, 3.63) is 48.0 Å². The molecular formula is C13H15NO. The highest BCUT2D eigenvalue weighted by atomic mass is 16.5. The Bertz CT molecular complexity index is 369. The van der Waals surface area contributed by atoms with E-state index >= 15 is 0 Å². The first kappa shape index (κ1) is 9.97. The Morgan fingerprint density at radius 2 is 2.13 bits per heavy atom. The third kappa shape index (κ3) is 2.27. The van der Waals surface area contributed by atoms with Crippen LogP contribution in [-0.4, -0.2) is 18.5 Å². The van der Waals surface area contributed by atoms with Gasteiger partial charge in [0, 0.05) is 0 Å². The van der Waals surface area contributed by atoms with Crippen molar-refractivity contribution >= 4 is 6.40 Å². The number of ether oxygens (including phenoxy) is 1. The zero-order chi connectivity index (χ0) is 10.7. The Morgan fingerprint density at radius 3 is 2.73 bits per heavy atom. The molecule has 1 aliphatic rings. The lowest BCUT2D eigenvalue weighted by Crippen LogP contribution is -2.22. The molecule has 2 rings (SSSR count). The van der Waals surface area contributed by atoms with Crippen molar-refractivity contribution in [2.75, 3.05) is 0 Å². The lowest BCUT2D eigenvalue weighted by atomic mass is 9.98. The molecule has 2 heteroatoms. The predicted octanol–water partition coefficient (Wildman–Crippen LogP) is 2.60. The maximum Gasteiger partial charge on any atom is 0.170 e. The second-order valence-corrected chi connectivity index (χ2v) is 3.87. The van der Waals surface area contributed by atoms with Gasteiger partial charge in [-0.25, -0.2) is 0 Å². The Kier molecular flexibility index (Phi) is 2.86. The molecule has 0 saturated carbocycles. The maximum atomic E-state index is 5.41. The molecule has 0 spiro atoms. The molecule has 0 saturated heterocycles. The molecule has 0 bridgehead atoms. The zero-order valence-electron chi connectivity index (χ0n) is 8.89. The predicted molar refractivity (Wildman–Crippen MR) is 62.1 cm³/mol. The van der Waals surface area contributed by atoms with Crippen molar-refractivity contribution in [2.24, 2.45) is 4.99 Å². The number of aliphatic imine (C=N–C) groups is 1. The molecule has 2 atom stereocenters. The molecule has 15 heavy (non-hydrogen) atoms. The third-order valence-corrected chi connectivity index (χ3v) is 2.62. The maximum absolute atomic E-state index is 5.41. The van der Waals surface area contributed by atoms with Crippen molar-refractivity contribution in [2.45, 2.75) is 25.5 Å². The van der Waals surface area contributed by atoms with Crippen molar-refractivity contribution < 1.29 is 4.74 Å². The van der Waals surface area contributed by atoms with Crippen LogP contribution in [0.1, 0.15) is 12.5 Å². The van der Waals surface area contributed by atoms with Gasteiger partial charge in [0.2, 0.25) is 0 Å². The number of benzene rings is 1. The van der Waals surface area contributed by atoms with Crippen LogP contribution in [0.4, 0.5) is 0 Å². The summed E-state index contributed by atoms with van der Waals surface area (Å²) < 4.78 is 5.41. The van der Waals surface area contributed by atoms with Gasteiger partial charge >= 0.3 is 0 Å². The van der Waals surface area contributed by atoms with Crippen LogP contribution < -0.4 is 0 Å². The molecule has 0 radical (unpaired) electrons. The first-order valence-corrected chi connectivity index (χ1v) is 5.16. The minimum atomic E-state index is 0.0465. The van der Waals surface area contributed by atoms with E-state index in [1.807, 2.05) is 25.1 Å². The fraction of sp³-hybridized carbons (Fsp3) is 0.308. The van der Waals surface area contributed by atoms with E-state index < -0.39 is 0 Å². The number of nitrogens with zero attached hydrogens (tertiary/aromatic N) is 1. The summed E-state index contributed by atoms with van der Waals surface area (Å²) in [6.45, 7) is 6.12. The summed E-state index contributed by atoms with van der Waals surface area (Å²) in [5.41, 5.74) is 2.36. The summed E-state index contributed by atoms with van der Waals surface area (Å²) in [5.74, 6) is 0. The van der Waals surface area contributed by atoms with Gasteiger partial charge in [-0.2, -0.15) is 0 Å². The van der Waals surface area contributed by atoms with E-state index in [2.05, 4.69) is 23.7 Å². The van der Waals surface area contributed by atoms with Crippen LogP contribution >= 0.6 is 0 Å². The Labute approximate surface area is 90.3 Å². The second kappa shape index (κ2) is 4.30. The molecule has 1 aromatic rings. The average molecular weight is 201 g/mol. The smallest absolute Gasteiger partial charge is 0.170 e. The van der Waals surface area contributed by atoms with E-state index in [0.717, 1.165) is 12.0 Å². The van der Waals surface area contributed by atoms with Crippen molar-refractivity contribution in [3.8, 4) is 0 Å². The summed E-state index contributed by atoms with van der Waals surface area (Å²) in [6.07, 6.45) is 2.44. The standard InChI is InChI=1S/C13H15NO/c1-10(13-11(2)14-9-15-13)8-12-6-4-3-5-7-12/h3-7,9,11,13H,1,8H2,2H3. The van der Waals surface area contributed by atoms with E-state index in [9.17, 15) is 0 Å². The fourth-order valence-corrected chi connectivity index (χ4v) is 1.78. The Hall–Kier alpha value is -1.57. The summed E-state index contributed by atoms with van der Waals surface area (Å²) in [6, 6.07) is 10.5. The van der Waals surface area contributed by atoms with Gasteiger partial charge in [0.1, 0.15) is 6.10 Å². The van der Waals surface area contributed by atoms with E-state index in [1.54, 1.807) is 0 Å². The van der Waals surface area contributed by atoms with Crippen LogP contribution in [0, 0.1) is 0 Å². The molecule has 0 N–H and O–H groups in total. The molecule has 1 aromatic carbocycles. The van der Waals surface area contributed by atoms with E-state index in [0.29, 0.717) is 0 Å². The minimum Gasteiger partial charge on any atom is -0.474 e. The molecule has 0 fully saturated rings. The molecule has 0 aliphatic carbocycles. The largest absolute Gasteiger partial charge is 0.474 e. The van der Waals surface area contributed by atoms with Crippen molar-refractivity contribution in [1.82, 2.24) is 0 Å². The SMILES string of the molecule is C=C(Cc1ccccc1)C1OC=NC1C. The molecule has 1 heterocycles. The lowest BCUT2D eigenvalue weighted by molar-refractivity contribution is 0.241. The number of hydrogen-bond acceptors (Lipinski definition) is 2. The van der Waals surface area contributed by atoms with Crippen LogP contribution in [0.25, 0.3) is 0 Å². The first-order chi connectivity index (χ1) is 7.27. The highest BCUT2D eigenvalue weighted by Crippen LogP contribution is 2.19. The highest BCUT2D eigenvalue weighted by Gasteiger charge is 2.24.